The molecule has 2 aromatic carbocycles. The molecule has 63 heavy (non-hydrogen) atoms. The van der Waals surface area contributed by atoms with Gasteiger partial charge in [-0.3, -0.25) is 24.0 Å². The van der Waals surface area contributed by atoms with Crippen LogP contribution in [0.2, 0.25) is 0 Å². The molecule has 16 heteroatoms. The number of ketones is 2. The standard InChI is InChI=1S/C47H53F2N5O9/c1-25(52-40(59)13-12-31-22-50-24-51-31)41(60)53-26(2)42(61)54-30-7-5-6-28(17-30)16-27-8-10-29(11-9-27)43-62-39-20-33-34-19-36(48)35-18-32(56)14-15-44(35,3)46(34,49)37(57)21-45(33,4)47(39,63-43)38(58)23-55/h5-11,14-15,17-18,22,24-26,33-34,36-37,39,43,55,57H,12-13,16,19-21,23H2,1-4H3,(H,50,51)(H,52,59)(H,53,60)(H,54,61)/t25-,26-,33?,34-,36-,37-,39+,43+,44-,45-,46-,47+/m0/s1. The summed E-state index contributed by atoms with van der Waals surface area (Å²) in [6.45, 7) is 5.47. The zero-order valence-electron chi connectivity index (χ0n) is 35.5. The molecule has 6 N–H and O–H groups in total. The van der Waals surface area contributed by atoms with E-state index in [0.717, 1.165) is 22.9 Å². The van der Waals surface area contributed by atoms with Gasteiger partial charge in [-0.25, -0.2) is 13.8 Å². The molecule has 12 atom stereocenters. The van der Waals surface area contributed by atoms with Crippen molar-refractivity contribution in [3.8, 4) is 0 Å². The Morgan fingerprint density at radius 2 is 1.75 bits per heavy atom. The van der Waals surface area contributed by atoms with Crippen molar-refractivity contribution in [2.45, 2.75) is 114 Å². The van der Waals surface area contributed by atoms with E-state index >= 15 is 8.78 Å². The van der Waals surface area contributed by atoms with Crippen LogP contribution in [0.5, 0.6) is 0 Å². The molecule has 0 radical (unpaired) electrons. The number of fused-ring (bicyclic) bond motifs is 7. The van der Waals surface area contributed by atoms with Crippen LogP contribution in [0.1, 0.15) is 82.1 Å². The Morgan fingerprint density at radius 1 is 1.00 bits per heavy atom. The van der Waals surface area contributed by atoms with Crippen LogP contribution in [-0.4, -0.2) is 97.8 Å². The van der Waals surface area contributed by atoms with Crippen molar-refractivity contribution < 1.29 is 52.4 Å². The minimum atomic E-state index is -2.34. The number of nitrogens with zero attached hydrogens (tertiary/aromatic N) is 1. The summed E-state index contributed by atoms with van der Waals surface area (Å²) < 4.78 is 46.8. The lowest BCUT2D eigenvalue weighted by Crippen LogP contribution is -2.70. The zero-order valence-corrected chi connectivity index (χ0v) is 35.5. The molecule has 1 aromatic heterocycles. The number of aromatic nitrogens is 2. The highest BCUT2D eigenvalue weighted by Crippen LogP contribution is 2.72. The van der Waals surface area contributed by atoms with E-state index in [1.165, 1.54) is 25.4 Å². The summed E-state index contributed by atoms with van der Waals surface area (Å²) in [6.07, 6.45) is 2.34. The second-order valence-electron chi connectivity index (χ2n) is 18.2. The number of benzene rings is 2. The molecule has 4 fully saturated rings. The van der Waals surface area contributed by atoms with E-state index < -0.39 is 101 Å². The molecule has 3 aromatic rings. The van der Waals surface area contributed by atoms with Gasteiger partial charge in [-0.15, -0.1) is 0 Å². The van der Waals surface area contributed by atoms with E-state index in [2.05, 4.69) is 25.9 Å². The normalized spacial score (nSPS) is 33.8. The summed E-state index contributed by atoms with van der Waals surface area (Å²) in [7, 11) is 0. The molecule has 0 bridgehead atoms. The number of amides is 3. The number of hydrogen-bond acceptors (Lipinski definition) is 10. The molecular weight excluding hydrogens is 817 g/mol. The van der Waals surface area contributed by atoms with E-state index in [1.54, 1.807) is 51.2 Å². The van der Waals surface area contributed by atoms with Gasteiger partial charge in [-0.2, -0.15) is 0 Å². The molecule has 8 rings (SSSR count). The van der Waals surface area contributed by atoms with Gasteiger partial charge in [0.05, 0.1) is 18.5 Å². The highest BCUT2D eigenvalue weighted by molar-refractivity contribution is 6.01. The van der Waals surface area contributed by atoms with Crippen molar-refractivity contribution in [1.29, 1.82) is 0 Å². The van der Waals surface area contributed by atoms with Crippen molar-refractivity contribution in [3.05, 3.63) is 107 Å². The van der Waals surface area contributed by atoms with Gasteiger partial charge in [0.15, 0.2) is 29.1 Å². The number of H-pyrrole nitrogens is 1. The molecule has 3 saturated carbocycles. The number of hydrogen-bond donors (Lipinski definition) is 6. The fourth-order valence-electron chi connectivity index (χ4n) is 11.2. The third-order valence-corrected chi connectivity index (χ3v) is 14.5. The lowest BCUT2D eigenvalue weighted by atomic mass is 9.44. The van der Waals surface area contributed by atoms with Gasteiger partial charge >= 0.3 is 0 Å². The Kier molecular flexibility index (Phi) is 11.7. The molecule has 1 saturated heterocycles. The second kappa shape index (κ2) is 16.6. The Labute approximate surface area is 363 Å². The number of alkyl halides is 2. The average molecular weight is 870 g/mol. The molecule has 4 aliphatic carbocycles. The number of imidazole rings is 1. The number of aromatic amines is 1. The van der Waals surface area contributed by atoms with Crippen LogP contribution in [-0.2, 0) is 46.3 Å². The first kappa shape index (κ1) is 44.2. The third kappa shape index (κ3) is 7.43. The minimum Gasteiger partial charge on any atom is -0.390 e. The Hall–Kier alpha value is -5.42. The van der Waals surface area contributed by atoms with Gasteiger partial charge in [-0.1, -0.05) is 49.4 Å². The number of halogens is 2. The lowest BCUT2D eigenvalue weighted by molar-refractivity contribution is -0.235. The quantitative estimate of drug-likeness (QED) is 0.144. The molecule has 5 aliphatic rings. The molecule has 334 valence electrons. The van der Waals surface area contributed by atoms with E-state index in [4.69, 9.17) is 9.47 Å². The summed E-state index contributed by atoms with van der Waals surface area (Å²) in [5, 5.41) is 30.2. The fraction of sp³-hybridized carbons (Fsp3) is 0.489. The third-order valence-electron chi connectivity index (χ3n) is 14.5. The molecule has 0 spiro atoms. The summed E-state index contributed by atoms with van der Waals surface area (Å²) in [5.41, 5.74) is -3.22. The number of carbonyl (C=O) groups is 5. The monoisotopic (exact) mass is 869 g/mol. The SMILES string of the molecule is C[C@H](NC(=O)CCc1cnc[nH]1)C(=O)N[C@@H](C)C(=O)Nc1cccc(Cc2ccc([C@@H]3O[C@@H]4CC5[C@@H]6C[C@H](F)C7=CC(=O)C=C[C@]7(C)[C@@]6(F)[C@@H](O)C[C@]5(C)[C@]4(C(=O)CO)O3)cc2)c1. The minimum absolute atomic E-state index is 0.00669. The number of carbonyl (C=O) groups excluding carboxylic acids is 5. The van der Waals surface area contributed by atoms with E-state index in [-0.39, 0.29) is 37.2 Å². The summed E-state index contributed by atoms with van der Waals surface area (Å²) in [6, 6.07) is 12.9. The van der Waals surface area contributed by atoms with Crippen LogP contribution in [0.15, 0.2) is 84.9 Å². The smallest absolute Gasteiger partial charge is 0.246 e. The predicted octanol–water partition coefficient (Wildman–Crippen LogP) is 4.22. The summed E-state index contributed by atoms with van der Waals surface area (Å²) in [5.74, 6) is -4.06. The van der Waals surface area contributed by atoms with Crippen molar-refractivity contribution >= 4 is 35.0 Å². The summed E-state index contributed by atoms with van der Waals surface area (Å²) in [4.78, 5) is 71.1. The lowest BCUT2D eigenvalue weighted by Gasteiger charge is -2.63. The first-order valence-electron chi connectivity index (χ1n) is 21.4. The number of aliphatic hydroxyl groups is 2. The Bertz CT molecular complexity index is 2360. The number of ether oxygens (including phenoxy) is 2. The van der Waals surface area contributed by atoms with Crippen LogP contribution in [0.3, 0.4) is 0 Å². The number of rotatable bonds is 13. The van der Waals surface area contributed by atoms with Crippen LogP contribution in [0, 0.1) is 22.7 Å². The number of aliphatic hydroxyl groups excluding tert-OH is 2. The maximum atomic E-state index is 17.7. The number of aryl methyl sites for hydroxylation is 1. The maximum Gasteiger partial charge on any atom is 0.246 e. The van der Waals surface area contributed by atoms with Gasteiger partial charge in [0.25, 0.3) is 0 Å². The molecular formula is C47H53F2N5O9. The largest absolute Gasteiger partial charge is 0.390 e. The molecule has 3 amide bonds. The number of nitrogens with one attached hydrogen (secondary N) is 4. The first-order valence-corrected chi connectivity index (χ1v) is 21.4. The zero-order chi connectivity index (χ0) is 45.1. The predicted molar refractivity (Wildman–Crippen MR) is 224 cm³/mol. The van der Waals surface area contributed by atoms with Crippen LogP contribution in [0.4, 0.5) is 14.5 Å². The topological polar surface area (TPSA) is 209 Å². The van der Waals surface area contributed by atoms with Crippen molar-refractivity contribution in [3.63, 3.8) is 0 Å². The van der Waals surface area contributed by atoms with Crippen LogP contribution >= 0.6 is 0 Å². The van der Waals surface area contributed by atoms with Gasteiger partial charge in [0.1, 0.15) is 24.9 Å². The fourth-order valence-corrected chi connectivity index (χ4v) is 11.2. The van der Waals surface area contributed by atoms with Crippen LogP contribution in [0.25, 0.3) is 0 Å². The first-order chi connectivity index (χ1) is 29.9. The van der Waals surface area contributed by atoms with E-state index in [0.29, 0.717) is 24.1 Å². The second-order valence-corrected chi connectivity index (χ2v) is 18.2. The highest BCUT2D eigenvalue weighted by atomic mass is 19.1. The highest BCUT2D eigenvalue weighted by Gasteiger charge is 2.80. The molecule has 1 unspecified atom stereocenters. The Morgan fingerprint density at radius 3 is 2.46 bits per heavy atom. The van der Waals surface area contributed by atoms with Gasteiger partial charge in [-0.05, 0) is 99.8 Å². The van der Waals surface area contributed by atoms with Crippen molar-refractivity contribution in [2.75, 3.05) is 11.9 Å². The van der Waals surface area contributed by atoms with Gasteiger partial charge in [0, 0.05) is 46.3 Å². The van der Waals surface area contributed by atoms with Crippen LogP contribution < -0.4 is 16.0 Å². The average Bonchev–Trinajstić information content (AvgIpc) is 3.98. The number of anilines is 1. The van der Waals surface area contributed by atoms with Gasteiger partial charge in [0.2, 0.25) is 17.7 Å². The van der Waals surface area contributed by atoms with Crippen molar-refractivity contribution in [1.82, 2.24) is 20.6 Å². The molecule has 14 nitrogen and oxygen atoms in total. The van der Waals surface area contributed by atoms with Gasteiger partial charge < -0.3 is 40.6 Å². The molecule has 1 aliphatic heterocycles. The number of allylic oxidation sites excluding steroid dienone is 4. The maximum absolute atomic E-state index is 17.7. The van der Waals surface area contributed by atoms with Crippen molar-refractivity contribution in [2.24, 2.45) is 22.7 Å². The van der Waals surface area contributed by atoms with E-state index in [1.807, 2.05) is 24.3 Å². The Balaban J connectivity index is 0.902. The summed E-state index contributed by atoms with van der Waals surface area (Å²) >= 11 is 0. The van der Waals surface area contributed by atoms with E-state index in [9.17, 15) is 34.2 Å². The molecule has 2 heterocycles. The number of Topliss-reactive ketones (excluding diaryl/α,β-unsaturated/α-hetero) is 1.